The molecule has 1 rings (SSSR count). The van der Waals surface area contributed by atoms with E-state index in [2.05, 4.69) is 20.4 Å². The molecule has 204 valence electrons. The predicted octanol–water partition coefficient (Wildman–Crippen LogP) is 1.08. The number of hydrogen-bond acceptors (Lipinski definition) is 9. The first-order valence-corrected chi connectivity index (χ1v) is 12.3. The number of ether oxygens (including phenoxy) is 4. The lowest BCUT2D eigenvalue weighted by Gasteiger charge is -2.38. The highest BCUT2D eigenvalue weighted by Crippen LogP contribution is 2.25. The highest BCUT2D eigenvalue weighted by molar-refractivity contribution is 5.89. The molecule has 0 aromatic rings. The predicted molar refractivity (Wildman–Crippen MR) is 132 cm³/mol. The van der Waals surface area contributed by atoms with Crippen LogP contribution in [0.2, 0.25) is 0 Å². The number of hydrogen-bond donors (Lipinski definition) is 3. The molecule has 1 aliphatic rings. The molecular weight excluding hydrogens is 472 g/mol. The topological polar surface area (TPSA) is 168 Å². The Morgan fingerprint density at radius 1 is 1.06 bits per heavy atom. The first kappa shape index (κ1) is 30.9. The van der Waals surface area contributed by atoms with Gasteiger partial charge in [-0.2, -0.15) is 0 Å². The van der Waals surface area contributed by atoms with Gasteiger partial charge in [0.25, 0.3) is 0 Å². The van der Waals surface area contributed by atoms with E-state index in [4.69, 9.17) is 19.9 Å². The second kappa shape index (κ2) is 16.5. The van der Waals surface area contributed by atoms with Crippen molar-refractivity contribution in [3.8, 4) is 0 Å². The van der Waals surface area contributed by atoms with E-state index >= 15 is 0 Å². The summed E-state index contributed by atoms with van der Waals surface area (Å²) in [5.41, 5.74) is 6.46. The van der Waals surface area contributed by atoms with Gasteiger partial charge < -0.3 is 35.3 Å². The minimum atomic E-state index is -0.601. The average Bonchev–Trinajstić information content (AvgIpc) is 2.83. The summed E-state index contributed by atoms with van der Waals surface area (Å²) >= 11 is 0. The molecule has 0 aromatic carbocycles. The minimum absolute atomic E-state index is 0.0190. The Morgan fingerprint density at radius 3 is 2.31 bits per heavy atom. The van der Waals surface area contributed by atoms with Gasteiger partial charge in [-0.1, -0.05) is 20.8 Å². The summed E-state index contributed by atoms with van der Waals surface area (Å²) in [5, 5.41) is 5.94. The van der Waals surface area contributed by atoms with Gasteiger partial charge in [0.2, 0.25) is 12.7 Å². The van der Waals surface area contributed by atoms with E-state index in [9.17, 15) is 19.2 Å². The molecule has 3 unspecified atom stereocenters. The largest absolute Gasteiger partial charge is 0.463 e. The number of rotatable bonds is 14. The molecule has 0 saturated heterocycles. The zero-order chi connectivity index (χ0) is 27.1. The van der Waals surface area contributed by atoms with Gasteiger partial charge in [-0.15, -0.1) is 0 Å². The van der Waals surface area contributed by atoms with Crippen LogP contribution in [0.4, 0.5) is 0 Å². The average molecular weight is 513 g/mol. The van der Waals surface area contributed by atoms with E-state index in [1.165, 1.54) is 6.92 Å². The summed E-state index contributed by atoms with van der Waals surface area (Å²) in [4.78, 5) is 51.5. The van der Waals surface area contributed by atoms with Gasteiger partial charge in [-0.25, -0.2) is 4.79 Å². The lowest BCUT2D eigenvalue weighted by molar-refractivity contribution is -0.166. The van der Waals surface area contributed by atoms with Crippen LogP contribution in [0, 0.1) is 0 Å². The third kappa shape index (κ3) is 11.1. The van der Waals surface area contributed by atoms with Crippen LogP contribution in [0.1, 0.15) is 66.7 Å². The van der Waals surface area contributed by atoms with E-state index in [0.717, 1.165) is 12.8 Å². The lowest BCUT2D eigenvalue weighted by atomic mass is 9.87. The first-order chi connectivity index (χ1) is 17.1. The van der Waals surface area contributed by atoms with Gasteiger partial charge in [0, 0.05) is 25.3 Å². The summed E-state index contributed by atoms with van der Waals surface area (Å²) in [6.45, 7) is 8.53. The number of guanidine groups is 1. The van der Waals surface area contributed by atoms with Crippen LogP contribution in [-0.2, 0) is 38.1 Å². The molecule has 0 radical (unpaired) electrons. The monoisotopic (exact) mass is 512 g/mol. The van der Waals surface area contributed by atoms with Crippen molar-refractivity contribution >= 4 is 29.8 Å². The van der Waals surface area contributed by atoms with Crippen molar-refractivity contribution in [2.45, 2.75) is 91.0 Å². The van der Waals surface area contributed by atoms with Gasteiger partial charge in [-0.3, -0.25) is 19.4 Å². The number of aliphatic imine (C=N–C) groups is 1. The summed E-state index contributed by atoms with van der Waals surface area (Å²) in [7, 11) is 0. The summed E-state index contributed by atoms with van der Waals surface area (Å²) < 4.78 is 20.9. The van der Waals surface area contributed by atoms with Crippen molar-refractivity contribution in [1.29, 1.82) is 0 Å². The number of amides is 1. The molecule has 0 aromatic heterocycles. The van der Waals surface area contributed by atoms with E-state index in [1.54, 1.807) is 19.9 Å². The van der Waals surface area contributed by atoms with E-state index < -0.39 is 42.9 Å². The maximum absolute atomic E-state index is 12.5. The molecule has 0 spiro atoms. The number of esters is 3. The van der Waals surface area contributed by atoms with Crippen LogP contribution >= 0.6 is 0 Å². The Labute approximate surface area is 212 Å². The molecule has 0 fully saturated rings. The fourth-order valence-electron chi connectivity index (χ4n) is 3.56. The molecular formula is C24H40N4O8. The van der Waals surface area contributed by atoms with Crippen LogP contribution in [0.15, 0.2) is 16.6 Å². The van der Waals surface area contributed by atoms with Gasteiger partial charge in [-0.05, 0) is 25.8 Å². The standard InChI is InChI=1S/C24H40N4O8/c1-6-17(7-2)36-19-13-16(23(32)33-9-4)12-18(22(19)27-15(5)29)28-24(25)26-11-10-21(31)35-14-34-20(30)8-3/h13,17-19,22H,6-12,14H2,1-5H3,(H,27,29)(H3,25,26,28). The zero-order valence-electron chi connectivity index (χ0n) is 21.8. The van der Waals surface area contributed by atoms with Crippen molar-refractivity contribution in [3.63, 3.8) is 0 Å². The van der Waals surface area contributed by atoms with Crippen molar-refractivity contribution in [3.05, 3.63) is 11.6 Å². The van der Waals surface area contributed by atoms with E-state index in [1.807, 2.05) is 13.8 Å². The fourth-order valence-corrected chi connectivity index (χ4v) is 3.56. The summed E-state index contributed by atoms with van der Waals surface area (Å²) in [5.74, 6) is -1.79. The minimum Gasteiger partial charge on any atom is -0.463 e. The number of carbonyl (C=O) groups excluding carboxylic acids is 4. The number of carbonyl (C=O) groups is 4. The van der Waals surface area contributed by atoms with Crippen LogP contribution < -0.4 is 16.4 Å². The second-order valence-electron chi connectivity index (χ2n) is 8.15. The lowest BCUT2D eigenvalue weighted by Crippen LogP contribution is -2.60. The van der Waals surface area contributed by atoms with E-state index in [-0.39, 0.29) is 50.4 Å². The molecule has 0 aliphatic heterocycles. The molecule has 0 heterocycles. The summed E-state index contributed by atoms with van der Waals surface area (Å²) in [6, 6.07) is -1.06. The highest BCUT2D eigenvalue weighted by Gasteiger charge is 2.38. The Bertz CT molecular complexity index is 810. The third-order valence-electron chi connectivity index (χ3n) is 5.42. The van der Waals surface area contributed by atoms with Gasteiger partial charge in [0.1, 0.15) is 0 Å². The maximum atomic E-state index is 12.5. The van der Waals surface area contributed by atoms with Crippen LogP contribution in [-0.4, -0.2) is 74.0 Å². The quantitative estimate of drug-likeness (QED) is 0.132. The van der Waals surface area contributed by atoms with Crippen LogP contribution in [0.25, 0.3) is 0 Å². The number of nitrogens with zero attached hydrogens (tertiary/aromatic N) is 1. The van der Waals surface area contributed by atoms with Crippen molar-refractivity contribution in [2.75, 3.05) is 19.9 Å². The first-order valence-electron chi connectivity index (χ1n) is 12.3. The molecule has 1 amide bonds. The zero-order valence-corrected chi connectivity index (χ0v) is 21.8. The molecule has 36 heavy (non-hydrogen) atoms. The second-order valence-corrected chi connectivity index (χ2v) is 8.15. The van der Waals surface area contributed by atoms with Crippen LogP contribution in [0.3, 0.4) is 0 Å². The molecule has 12 nitrogen and oxygen atoms in total. The Hall–Kier alpha value is -3.15. The summed E-state index contributed by atoms with van der Waals surface area (Å²) in [6.07, 6.45) is 2.87. The Balaban J connectivity index is 2.93. The van der Waals surface area contributed by atoms with Gasteiger partial charge in [0.15, 0.2) is 5.96 Å². The SMILES string of the molecule is CCOC(=O)C1=CC(OC(CC)CC)C(NC(C)=O)C(NC(N)=NCCC(=O)OCOC(=O)CC)C1. The number of nitrogens with one attached hydrogen (secondary N) is 2. The molecule has 12 heteroatoms. The van der Waals surface area contributed by atoms with Crippen molar-refractivity contribution < 1.29 is 38.1 Å². The molecule has 3 atom stereocenters. The van der Waals surface area contributed by atoms with Crippen molar-refractivity contribution in [2.24, 2.45) is 10.7 Å². The molecule has 0 bridgehead atoms. The van der Waals surface area contributed by atoms with Crippen LogP contribution in [0.5, 0.6) is 0 Å². The normalized spacial score (nSPS) is 19.8. The Morgan fingerprint density at radius 2 is 1.72 bits per heavy atom. The third-order valence-corrected chi connectivity index (χ3v) is 5.42. The smallest absolute Gasteiger partial charge is 0.333 e. The van der Waals surface area contributed by atoms with Gasteiger partial charge >= 0.3 is 17.9 Å². The maximum Gasteiger partial charge on any atom is 0.333 e. The molecule has 0 saturated carbocycles. The number of nitrogens with two attached hydrogens (primary N) is 1. The Kier molecular flexibility index (Phi) is 14.2. The fraction of sp³-hybridized carbons (Fsp3) is 0.708. The molecule has 4 N–H and O–H groups in total. The van der Waals surface area contributed by atoms with E-state index in [0.29, 0.717) is 5.57 Å². The van der Waals surface area contributed by atoms with Gasteiger partial charge in [0.05, 0.1) is 43.9 Å². The highest BCUT2D eigenvalue weighted by atomic mass is 16.7. The molecule has 1 aliphatic carbocycles. The van der Waals surface area contributed by atoms with Crippen molar-refractivity contribution in [1.82, 2.24) is 10.6 Å².